The highest BCUT2D eigenvalue weighted by molar-refractivity contribution is 7.91. The van der Waals surface area contributed by atoms with Crippen LogP contribution in [0.4, 0.5) is 0 Å². The van der Waals surface area contributed by atoms with E-state index in [9.17, 15) is 18.0 Å². The Kier molecular flexibility index (Phi) is 5.56. The van der Waals surface area contributed by atoms with Crippen LogP contribution in [0.15, 0.2) is 18.2 Å². The molecule has 1 heterocycles. The molecule has 1 aliphatic heterocycles. The topological polar surface area (TPSA) is 108 Å². The van der Waals surface area contributed by atoms with E-state index in [4.69, 9.17) is 14.2 Å². The lowest BCUT2D eigenvalue weighted by Gasteiger charge is -2.23. The van der Waals surface area contributed by atoms with Gasteiger partial charge in [0.15, 0.2) is 16.4 Å². The van der Waals surface area contributed by atoms with Crippen molar-refractivity contribution in [3.63, 3.8) is 0 Å². The summed E-state index contributed by atoms with van der Waals surface area (Å²) in [5.41, 5.74) is -0.675. The van der Waals surface area contributed by atoms with Crippen molar-refractivity contribution in [1.82, 2.24) is 5.32 Å². The summed E-state index contributed by atoms with van der Waals surface area (Å²) in [6, 6.07) is 4.58. The quantitative estimate of drug-likeness (QED) is 0.728. The van der Waals surface area contributed by atoms with E-state index in [-0.39, 0.29) is 22.8 Å². The van der Waals surface area contributed by atoms with Gasteiger partial charge in [-0.05, 0) is 25.5 Å². The Hall–Kier alpha value is -2.29. The minimum absolute atomic E-state index is 0.0343. The summed E-state index contributed by atoms with van der Waals surface area (Å²) in [4.78, 5) is 24.1. The van der Waals surface area contributed by atoms with E-state index >= 15 is 0 Å². The van der Waals surface area contributed by atoms with Gasteiger partial charge in [0.2, 0.25) is 0 Å². The summed E-state index contributed by atoms with van der Waals surface area (Å²) in [5, 5.41) is 2.62. The van der Waals surface area contributed by atoms with E-state index in [0.29, 0.717) is 12.2 Å². The average molecular weight is 371 g/mol. The van der Waals surface area contributed by atoms with Gasteiger partial charge in [-0.1, -0.05) is 0 Å². The van der Waals surface area contributed by atoms with Crippen molar-refractivity contribution in [3.05, 3.63) is 23.8 Å². The predicted octanol–water partition coefficient (Wildman–Crippen LogP) is 0.554. The second-order valence-electron chi connectivity index (χ2n) is 6.09. The molecule has 1 aliphatic rings. The van der Waals surface area contributed by atoms with Crippen LogP contribution in [0.5, 0.6) is 11.5 Å². The van der Waals surface area contributed by atoms with E-state index in [1.54, 1.807) is 13.0 Å². The zero-order chi connectivity index (χ0) is 18.7. The number of amides is 1. The largest absolute Gasteiger partial charge is 0.497 e. The molecule has 25 heavy (non-hydrogen) atoms. The molecule has 8 nitrogen and oxygen atoms in total. The monoisotopic (exact) mass is 371 g/mol. The molecule has 0 aromatic heterocycles. The van der Waals surface area contributed by atoms with Gasteiger partial charge in [-0.15, -0.1) is 0 Å². The number of hydrogen-bond acceptors (Lipinski definition) is 7. The normalized spacial score (nSPS) is 21.4. The molecule has 0 bridgehead atoms. The number of benzene rings is 1. The summed E-state index contributed by atoms with van der Waals surface area (Å²) in [5.74, 6) is -0.585. The van der Waals surface area contributed by atoms with Crippen LogP contribution < -0.4 is 14.8 Å². The molecule has 1 fully saturated rings. The van der Waals surface area contributed by atoms with Gasteiger partial charge in [0.05, 0.1) is 31.3 Å². The van der Waals surface area contributed by atoms with Gasteiger partial charge < -0.3 is 19.5 Å². The number of methoxy groups -OCH3 is 2. The smallest absolute Gasteiger partial charge is 0.342 e. The summed E-state index contributed by atoms with van der Waals surface area (Å²) >= 11 is 0. The standard InChI is InChI=1S/C16H21NO7S/c1-16(6-7-25(20,21)10-16)17-14(18)9-24-15(19)12-5-4-11(22-2)8-13(12)23-3/h4-5,8H,6-7,9-10H2,1-3H3,(H,17,18). The molecule has 1 amide bonds. The summed E-state index contributed by atoms with van der Waals surface area (Å²) in [6.45, 7) is 1.15. The molecule has 0 spiro atoms. The summed E-state index contributed by atoms with van der Waals surface area (Å²) in [7, 11) is -0.251. The lowest BCUT2D eigenvalue weighted by atomic mass is 10.0. The number of esters is 1. The van der Waals surface area contributed by atoms with Crippen LogP contribution >= 0.6 is 0 Å². The molecule has 1 N–H and O–H groups in total. The molecule has 1 saturated heterocycles. The van der Waals surface area contributed by atoms with E-state index in [2.05, 4.69) is 5.32 Å². The molecule has 1 aromatic carbocycles. The molecule has 1 atom stereocenters. The number of rotatable bonds is 6. The van der Waals surface area contributed by atoms with E-state index in [1.807, 2.05) is 0 Å². The van der Waals surface area contributed by atoms with Crippen molar-refractivity contribution < 1.29 is 32.2 Å². The van der Waals surface area contributed by atoms with Crippen molar-refractivity contribution in [2.45, 2.75) is 18.9 Å². The van der Waals surface area contributed by atoms with Crippen LogP contribution in [0.25, 0.3) is 0 Å². The first-order chi connectivity index (χ1) is 11.7. The van der Waals surface area contributed by atoms with Crippen LogP contribution in [0.1, 0.15) is 23.7 Å². The van der Waals surface area contributed by atoms with Crippen LogP contribution in [0, 0.1) is 0 Å². The van der Waals surface area contributed by atoms with Gasteiger partial charge in [-0.3, -0.25) is 4.79 Å². The predicted molar refractivity (Wildman–Crippen MR) is 89.6 cm³/mol. The lowest BCUT2D eigenvalue weighted by Crippen LogP contribution is -2.48. The second-order valence-corrected chi connectivity index (χ2v) is 8.28. The number of ether oxygens (including phenoxy) is 3. The van der Waals surface area contributed by atoms with Crippen molar-refractivity contribution in [2.24, 2.45) is 0 Å². The molecule has 0 saturated carbocycles. The fourth-order valence-electron chi connectivity index (χ4n) is 2.66. The third-order valence-corrected chi connectivity index (χ3v) is 5.81. The first kappa shape index (κ1) is 19.0. The molecule has 2 rings (SSSR count). The zero-order valence-corrected chi connectivity index (χ0v) is 15.1. The Morgan fingerprint density at radius 1 is 1.24 bits per heavy atom. The lowest BCUT2D eigenvalue weighted by molar-refractivity contribution is -0.125. The van der Waals surface area contributed by atoms with E-state index in [1.165, 1.54) is 26.4 Å². The third kappa shape index (κ3) is 4.85. The van der Waals surface area contributed by atoms with Crippen molar-refractivity contribution >= 4 is 21.7 Å². The van der Waals surface area contributed by atoms with Crippen LogP contribution in [-0.4, -0.2) is 58.2 Å². The SMILES string of the molecule is COc1ccc(C(=O)OCC(=O)NC2(C)CCS(=O)(=O)C2)c(OC)c1. The van der Waals surface area contributed by atoms with Gasteiger partial charge in [0.1, 0.15) is 17.1 Å². The summed E-state index contributed by atoms with van der Waals surface area (Å²) < 4.78 is 38.2. The number of hydrogen-bond donors (Lipinski definition) is 1. The van der Waals surface area contributed by atoms with Crippen LogP contribution in [0.3, 0.4) is 0 Å². The number of sulfone groups is 1. The Labute approximate surface area is 146 Å². The molecule has 1 unspecified atom stereocenters. The fraction of sp³-hybridized carbons (Fsp3) is 0.500. The Balaban J connectivity index is 1.95. The number of nitrogens with one attached hydrogen (secondary N) is 1. The Morgan fingerprint density at radius 3 is 2.52 bits per heavy atom. The Bertz CT molecular complexity index is 775. The van der Waals surface area contributed by atoms with Gasteiger partial charge in [-0.25, -0.2) is 13.2 Å². The first-order valence-corrected chi connectivity index (χ1v) is 9.41. The highest BCUT2D eigenvalue weighted by atomic mass is 32.2. The molecule has 138 valence electrons. The minimum Gasteiger partial charge on any atom is -0.497 e. The van der Waals surface area contributed by atoms with E-state index in [0.717, 1.165) is 0 Å². The highest BCUT2D eigenvalue weighted by Gasteiger charge is 2.39. The average Bonchev–Trinajstić information content (AvgIpc) is 2.84. The molecular weight excluding hydrogens is 350 g/mol. The molecular formula is C16H21NO7S. The van der Waals surface area contributed by atoms with Gasteiger partial charge in [0.25, 0.3) is 5.91 Å². The Morgan fingerprint density at radius 2 is 1.96 bits per heavy atom. The highest BCUT2D eigenvalue weighted by Crippen LogP contribution is 2.25. The van der Waals surface area contributed by atoms with E-state index < -0.39 is 33.9 Å². The van der Waals surface area contributed by atoms with Crippen LogP contribution in [0.2, 0.25) is 0 Å². The third-order valence-electron chi connectivity index (χ3n) is 3.91. The fourth-order valence-corrected chi connectivity index (χ4v) is 4.75. The van der Waals surface area contributed by atoms with Gasteiger partial charge in [-0.2, -0.15) is 0 Å². The van der Waals surface area contributed by atoms with Crippen LogP contribution in [-0.2, 0) is 19.4 Å². The van der Waals surface area contributed by atoms with Crippen molar-refractivity contribution in [3.8, 4) is 11.5 Å². The maximum absolute atomic E-state index is 12.1. The zero-order valence-electron chi connectivity index (χ0n) is 14.3. The minimum atomic E-state index is -3.14. The molecule has 0 radical (unpaired) electrons. The molecule has 1 aromatic rings. The maximum atomic E-state index is 12.1. The number of carbonyl (C=O) groups excluding carboxylic acids is 2. The van der Waals surface area contributed by atoms with Gasteiger partial charge in [0, 0.05) is 6.07 Å². The van der Waals surface area contributed by atoms with Crippen molar-refractivity contribution in [1.29, 1.82) is 0 Å². The molecule has 0 aliphatic carbocycles. The number of carbonyl (C=O) groups is 2. The maximum Gasteiger partial charge on any atom is 0.342 e. The first-order valence-electron chi connectivity index (χ1n) is 7.59. The van der Waals surface area contributed by atoms with Crippen molar-refractivity contribution in [2.75, 3.05) is 32.3 Å². The second kappa shape index (κ2) is 7.30. The van der Waals surface area contributed by atoms with Gasteiger partial charge >= 0.3 is 5.97 Å². The summed E-state index contributed by atoms with van der Waals surface area (Å²) in [6.07, 6.45) is 0.335. The molecule has 9 heteroatoms.